The SMILES string of the molecule is CCCCCCCCCCCCCC(=O)[C@@H](N)[C@@H](C)O. The van der Waals surface area contributed by atoms with E-state index >= 15 is 0 Å². The summed E-state index contributed by atoms with van der Waals surface area (Å²) in [6.07, 6.45) is 13.8. The van der Waals surface area contributed by atoms with Crippen LogP contribution in [0.1, 0.15) is 90.9 Å². The zero-order chi connectivity index (χ0) is 15.2. The number of carbonyl (C=O) groups is 1. The van der Waals surface area contributed by atoms with Gasteiger partial charge in [0.2, 0.25) is 0 Å². The predicted molar refractivity (Wildman–Crippen MR) is 85.7 cm³/mol. The number of hydrogen-bond acceptors (Lipinski definition) is 3. The molecule has 0 heterocycles. The predicted octanol–water partition coefficient (Wildman–Crippen LogP) is 3.96. The van der Waals surface area contributed by atoms with E-state index in [9.17, 15) is 9.90 Å². The summed E-state index contributed by atoms with van der Waals surface area (Å²) < 4.78 is 0. The monoisotopic (exact) mass is 285 g/mol. The Bertz CT molecular complexity index is 229. The van der Waals surface area contributed by atoms with E-state index in [1.54, 1.807) is 6.92 Å². The molecule has 2 atom stereocenters. The first-order chi connectivity index (χ1) is 9.59. The highest BCUT2D eigenvalue weighted by molar-refractivity contribution is 5.84. The number of unbranched alkanes of at least 4 members (excludes halogenated alkanes) is 10. The normalized spacial score (nSPS) is 14.2. The van der Waals surface area contributed by atoms with Gasteiger partial charge in [0.05, 0.1) is 12.1 Å². The lowest BCUT2D eigenvalue weighted by Crippen LogP contribution is -2.40. The fourth-order valence-electron chi connectivity index (χ4n) is 2.40. The van der Waals surface area contributed by atoms with Crippen LogP contribution >= 0.6 is 0 Å². The standard InChI is InChI=1S/C17H35NO2/c1-3-4-5-6-7-8-9-10-11-12-13-14-16(20)17(18)15(2)19/h15,17,19H,3-14,18H2,1-2H3/t15-,17+/m1/s1. The average Bonchev–Trinajstić information content (AvgIpc) is 2.43. The van der Waals surface area contributed by atoms with Crippen LogP contribution in [0.25, 0.3) is 0 Å². The molecule has 0 spiro atoms. The molecule has 0 saturated heterocycles. The van der Waals surface area contributed by atoms with Gasteiger partial charge in [-0.1, -0.05) is 71.1 Å². The summed E-state index contributed by atoms with van der Waals surface area (Å²) in [5.41, 5.74) is 5.59. The van der Waals surface area contributed by atoms with Crippen LogP contribution in [-0.4, -0.2) is 23.0 Å². The molecule has 0 rings (SSSR count). The van der Waals surface area contributed by atoms with Gasteiger partial charge in [-0.2, -0.15) is 0 Å². The summed E-state index contributed by atoms with van der Waals surface area (Å²) in [5, 5.41) is 9.22. The number of rotatable bonds is 14. The third kappa shape index (κ3) is 11.4. The maximum Gasteiger partial charge on any atom is 0.152 e. The van der Waals surface area contributed by atoms with Gasteiger partial charge in [-0.15, -0.1) is 0 Å². The average molecular weight is 285 g/mol. The van der Waals surface area contributed by atoms with E-state index in [0.29, 0.717) is 6.42 Å². The third-order valence-corrected chi connectivity index (χ3v) is 3.92. The molecule has 0 aliphatic carbocycles. The molecular weight excluding hydrogens is 250 g/mol. The molecule has 0 aromatic rings. The molecule has 20 heavy (non-hydrogen) atoms. The Morgan fingerprint density at radius 2 is 1.30 bits per heavy atom. The molecule has 120 valence electrons. The zero-order valence-corrected chi connectivity index (χ0v) is 13.6. The van der Waals surface area contributed by atoms with Crippen molar-refractivity contribution in [3.63, 3.8) is 0 Å². The lowest BCUT2D eigenvalue weighted by atomic mass is 10.0. The summed E-state index contributed by atoms with van der Waals surface area (Å²) in [4.78, 5) is 11.6. The minimum absolute atomic E-state index is 0.00377. The molecule has 0 aromatic carbocycles. The van der Waals surface area contributed by atoms with E-state index in [1.165, 1.54) is 57.8 Å². The van der Waals surface area contributed by atoms with Gasteiger partial charge in [-0.25, -0.2) is 0 Å². The minimum Gasteiger partial charge on any atom is -0.391 e. The molecule has 0 aromatic heterocycles. The largest absolute Gasteiger partial charge is 0.391 e. The van der Waals surface area contributed by atoms with Crippen molar-refractivity contribution >= 4 is 5.78 Å². The third-order valence-electron chi connectivity index (χ3n) is 3.92. The molecular formula is C17H35NO2. The molecule has 0 fully saturated rings. The van der Waals surface area contributed by atoms with Gasteiger partial charge >= 0.3 is 0 Å². The van der Waals surface area contributed by atoms with Crippen LogP contribution < -0.4 is 5.73 Å². The Morgan fingerprint density at radius 3 is 1.70 bits per heavy atom. The van der Waals surface area contributed by atoms with Crippen molar-refractivity contribution in [3.05, 3.63) is 0 Å². The molecule has 0 saturated carbocycles. The lowest BCUT2D eigenvalue weighted by Gasteiger charge is -2.12. The number of aliphatic hydroxyl groups is 1. The zero-order valence-electron chi connectivity index (χ0n) is 13.6. The van der Waals surface area contributed by atoms with Crippen LogP contribution in [0.4, 0.5) is 0 Å². The van der Waals surface area contributed by atoms with E-state index in [4.69, 9.17) is 5.73 Å². The number of hydrogen-bond donors (Lipinski definition) is 2. The Hall–Kier alpha value is -0.410. The van der Waals surface area contributed by atoms with Crippen LogP contribution in [0.5, 0.6) is 0 Å². The maximum absolute atomic E-state index is 11.6. The number of ketones is 1. The minimum atomic E-state index is -0.727. The van der Waals surface area contributed by atoms with Gasteiger partial charge in [0, 0.05) is 6.42 Å². The number of aliphatic hydroxyl groups excluding tert-OH is 1. The molecule has 3 N–H and O–H groups in total. The first kappa shape index (κ1) is 19.6. The molecule has 3 heteroatoms. The van der Waals surface area contributed by atoms with Crippen LogP contribution in [0, 0.1) is 0 Å². The van der Waals surface area contributed by atoms with Gasteiger partial charge in [0.1, 0.15) is 0 Å². The van der Waals surface area contributed by atoms with Crippen molar-refractivity contribution in [3.8, 4) is 0 Å². The highest BCUT2D eigenvalue weighted by Crippen LogP contribution is 2.12. The Kier molecular flexibility index (Phi) is 13.3. The molecule has 0 unspecified atom stereocenters. The summed E-state index contributed by atoms with van der Waals surface area (Å²) in [7, 11) is 0. The summed E-state index contributed by atoms with van der Waals surface area (Å²) >= 11 is 0. The molecule has 0 bridgehead atoms. The Labute approximate surface area is 125 Å². The van der Waals surface area contributed by atoms with Gasteiger partial charge in [0.15, 0.2) is 5.78 Å². The first-order valence-electron chi connectivity index (χ1n) is 8.56. The van der Waals surface area contributed by atoms with E-state index in [1.807, 2.05) is 0 Å². The van der Waals surface area contributed by atoms with Gasteiger partial charge < -0.3 is 10.8 Å². The van der Waals surface area contributed by atoms with Crippen molar-refractivity contribution in [1.82, 2.24) is 0 Å². The van der Waals surface area contributed by atoms with E-state index in [-0.39, 0.29) is 5.78 Å². The highest BCUT2D eigenvalue weighted by Gasteiger charge is 2.17. The van der Waals surface area contributed by atoms with E-state index < -0.39 is 12.1 Å². The summed E-state index contributed by atoms with van der Waals surface area (Å²) in [6, 6.07) is -0.696. The van der Waals surface area contributed by atoms with Crippen LogP contribution in [0.3, 0.4) is 0 Å². The number of carbonyl (C=O) groups excluding carboxylic acids is 1. The smallest absolute Gasteiger partial charge is 0.152 e. The summed E-state index contributed by atoms with van der Waals surface area (Å²) in [5.74, 6) is -0.00377. The number of Topliss-reactive ketones (excluding diaryl/α,β-unsaturated/α-hetero) is 1. The molecule has 0 aliphatic rings. The molecule has 0 aliphatic heterocycles. The van der Waals surface area contributed by atoms with Crippen LogP contribution in [0.15, 0.2) is 0 Å². The fraction of sp³-hybridized carbons (Fsp3) is 0.941. The second kappa shape index (κ2) is 13.6. The van der Waals surface area contributed by atoms with Gasteiger partial charge in [0.25, 0.3) is 0 Å². The van der Waals surface area contributed by atoms with Crippen molar-refractivity contribution in [2.45, 2.75) is 103 Å². The maximum atomic E-state index is 11.6. The second-order valence-electron chi connectivity index (χ2n) is 6.02. The van der Waals surface area contributed by atoms with Crippen molar-refractivity contribution in [2.75, 3.05) is 0 Å². The fourth-order valence-corrected chi connectivity index (χ4v) is 2.40. The van der Waals surface area contributed by atoms with Crippen molar-refractivity contribution in [2.24, 2.45) is 5.73 Å². The molecule has 3 nitrogen and oxygen atoms in total. The van der Waals surface area contributed by atoms with Crippen LogP contribution in [0.2, 0.25) is 0 Å². The quantitative estimate of drug-likeness (QED) is 0.475. The van der Waals surface area contributed by atoms with Gasteiger partial charge in [-0.3, -0.25) is 4.79 Å². The summed E-state index contributed by atoms with van der Waals surface area (Å²) in [6.45, 7) is 3.82. The van der Waals surface area contributed by atoms with E-state index in [0.717, 1.165) is 12.8 Å². The van der Waals surface area contributed by atoms with Crippen molar-refractivity contribution in [1.29, 1.82) is 0 Å². The number of nitrogens with two attached hydrogens (primary N) is 1. The second-order valence-corrected chi connectivity index (χ2v) is 6.02. The molecule has 0 amide bonds. The van der Waals surface area contributed by atoms with Crippen molar-refractivity contribution < 1.29 is 9.90 Å². The Balaban J connectivity index is 3.23. The topological polar surface area (TPSA) is 63.3 Å². The molecule has 0 radical (unpaired) electrons. The van der Waals surface area contributed by atoms with Crippen LogP contribution in [-0.2, 0) is 4.79 Å². The van der Waals surface area contributed by atoms with Gasteiger partial charge in [-0.05, 0) is 13.3 Å². The highest BCUT2D eigenvalue weighted by atomic mass is 16.3. The van der Waals surface area contributed by atoms with E-state index in [2.05, 4.69) is 6.92 Å². The Morgan fingerprint density at radius 1 is 0.900 bits per heavy atom. The first-order valence-corrected chi connectivity index (χ1v) is 8.56. The lowest BCUT2D eigenvalue weighted by molar-refractivity contribution is -0.122.